The first-order chi connectivity index (χ1) is 7.70. The van der Waals surface area contributed by atoms with E-state index in [0.29, 0.717) is 23.6 Å². The summed E-state index contributed by atoms with van der Waals surface area (Å²) in [5.74, 6) is 2.29. The maximum Gasteiger partial charge on any atom is 0.295 e. The zero-order valence-electron chi connectivity index (χ0n) is 9.09. The molecule has 2 N–H and O–H groups in total. The van der Waals surface area contributed by atoms with Crippen LogP contribution >= 0.6 is 0 Å². The van der Waals surface area contributed by atoms with Gasteiger partial charge in [-0.1, -0.05) is 5.16 Å². The molecule has 1 aromatic heterocycles. The lowest BCUT2D eigenvalue weighted by Crippen LogP contribution is -2.33. The summed E-state index contributed by atoms with van der Waals surface area (Å²) >= 11 is 0. The van der Waals surface area contributed by atoms with E-state index >= 15 is 0 Å². The average Bonchev–Trinajstić information content (AvgIpc) is 2.70. The van der Waals surface area contributed by atoms with Crippen LogP contribution in [-0.2, 0) is 0 Å². The molecule has 1 unspecified atom stereocenters. The van der Waals surface area contributed by atoms with Crippen molar-refractivity contribution in [2.75, 3.05) is 19.6 Å². The molecular weight excluding hydrogens is 208 g/mol. The van der Waals surface area contributed by atoms with E-state index in [1.165, 1.54) is 0 Å². The van der Waals surface area contributed by atoms with Gasteiger partial charge in [0, 0.05) is 20.0 Å². The minimum absolute atomic E-state index is 0.125. The van der Waals surface area contributed by atoms with Crippen molar-refractivity contribution in [3.63, 3.8) is 0 Å². The Bertz CT molecular complexity index is 418. The minimum Gasteiger partial charge on any atom is -0.339 e. The molecule has 16 heavy (non-hydrogen) atoms. The summed E-state index contributed by atoms with van der Waals surface area (Å²) in [4.78, 5) is 17.7. The van der Waals surface area contributed by atoms with Gasteiger partial charge in [0.15, 0.2) is 0 Å². The van der Waals surface area contributed by atoms with Gasteiger partial charge in [-0.2, -0.15) is 4.98 Å². The number of carbonyl (C=O) groups is 1. The summed E-state index contributed by atoms with van der Waals surface area (Å²) in [6.45, 7) is 3.99. The number of aromatic nitrogens is 2. The van der Waals surface area contributed by atoms with Gasteiger partial charge in [0.05, 0.1) is 0 Å². The number of hydrogen-bond donors (Lipinski definition) is 1. The molecule has 2 fully saturated rings. The maximum absolute atomic E-state index is 11.9. The van der Waals surface area contributed by atoms with Crippen molar-refractivity contribution in [3.05, 3.63) is 11.7 Å². The Morgan fingerprint density at radius 1 is 1.56 bits per heavy atom. The Labute approximate surface area is 92.8 Å². The fraction of sp³-hybridized carbons (Fsp3) is 0.700. The van der Waals surface area contributed by atoms with E-state index in [1.807, 2.05) is 0 Å². The molecule has 2 aliphatic rings. The molecule has 0 bridgehead atoms. The van der Waals surface area contributed by atoms with Crippen molar-refractivity contribution < 1.29 is 9.32 Å². The summed E-state index contributed by atoms with van der Waals surface area (Å²) in [6, 6.07) is 0. The van der Waals surface area contributed by atoms with Gasteiger partial charge < -0.3 is 15.2 Å². The Kier molecular flexibility index (Phi) is 2.00. The zero-order valence-corrected chi connectivity index (χ0v) is 9.09. The molecule has 6 nitrogen and oxygen atoms in total. The van der Waals surface area contributed by atoms with Crippen LogP contribution < -0.4 is 5.73 Å². The Morgan fingerprint density at radius 3 is 2.75 bits per heavy atom. The van der Waals surface area contributed by atoms with Gasteiger partial charge >= 0.3 is 0 Å². The second kappa shape index (κ2) is 3.28. The molecule has 3 rings (SSSR count). The SMILES string of the molecule is Cc1nc(C(=O)N2C[C@@H]3C(CN)[C@@H]3C2)no1. The van der Waals surface area contributed by atoms with Gasteiger partial charge in [-0.05, 0) is 24.3 Å². The van der Waals surface area contributed by atoms with E-state index in [2.05, 4.69) is 10.1 Å². The number of aryl methyl sites for hydroxylation is 1. The first-order valence-corrected chi connectivity index (χ1v) is 5.50. The number of nitrogens with zero attached hydrogens (tertiary/aromatic N) is 3. The molecule has 3 atom stereocenters. The number of likely N-dealkylation sites (tertiary alicyclic amines) is 1. The van der Waals surface area contributed by atoms with Crippen molar-refractivity contribution >= 4 is 5.91 Å². The smallest absolute Gasteiger partial charge is 0.295 e. The van der Waals surface area contributed by atoms with Crippen molar-refractivity contribution in [1.29, 1.82) is 0 Å². The Hall–Kier alpha value is -1.43. The number of rotatable bonds is 2. The normalized spacial score (nSPS) is 31.6. The monoisotopic (exact) mass is 222 g/mol. The molecule has 1 aromatic rings. The van der Waals surface area contributed by atoms with Gasteiger partial charge in [0.1, 0.15) is 0 Å². The van der Waals surface area contributed by atoms with E-state index in [9.17, 15) is 4.79 Å². The van der Waals surface area contributed by atoms with Crippen LogP contribution in [0.4, 0.5) is 0 Å². The second-order valence-electron chi connectivity index (χ2n) is 4.57. The van der Waals surface area contributed by atoms with Gasteiger partial charge in [0.2, 0.25) is 5.89 Å². The molecule has 0 radical (unpaired) electrons. The highest BCUT2D eigenvalue weighted by molar-refractivity contribution is 5.90. The van der Waals surface area contributed by atoms with Gasteiger partial charge in [-0.15, -0.1) is 0 Å². The van der Waals surface area contributed by atoms with Crippen LogP contribution in [0.5, 0.6) is 0 Å². The predicted molar refractivity (Wildman–Crippen MR) is 54.5 cm³/mol. The predicted octanol–water partition coefficient (Wildman–Crippen LogP) is -0.345. The van der Waals surface area contributed by atoms with Gasteiger partial charge in [-0.25, -0.2) is 0 Å². The van der Waals surface area contributed by atoms with E-state index < -0.39 is 0 Å². The molecule has 1 aliphatic carbocycles. The fourth-order valence-electron chi connectivity index (χ4n) is 2.69. The molecule has 6 heteroatoms. The average molecular weight is 222 g/mol. The third-order valence-corrected chi connectivity index (χ3v) is 3.65. The maximum atomic E-state index is 11.9. The van der Waals surface area contributed by atoms with Crippen LogP contribution in [0.2, 0.25) is 0 Å². The number of amides is 1. The third kappa shape index (κ3) is 1.33. The summed E-state index contributed by atoms with van der Waals surface area (Å²) in [6.07, 6.45) is 0. The first-order valence-electron chi connectivity index (χ1n) is 5.50. The molecule has 1 saturated heterocycles. The summed E-state index contributed by atoms with van der Waals surface area (Å²) in [5, 5.41) is 3.64. The standard InChI is InChI=1S/C10H14N4O2/c1-5-12-9(13-16-5)10(15)14-3-7-6(2-11)8(7)4-14/h6-8H,2-4,11H2,1H3/t6?,7-,8+. The topological polar surface area (TPSA) is 85.2 Å². The van der Waals surface area contributed by atoms with Gasteiger partial charge in [0.25, 0.3) is 11.7 Å². The van der Waals surface area contributed by atoms with Crippen molar-refractivity contribution in [2.24, 2.45) is 23.5 Å². The highest BCUT2D eigenvalue weighted by Crippen LogP contribution is 2.51. The van der Waals surface area contributed by atoms with E-state index in [1.54, 1.807) is 11.8 Å². The Balaban J connectivity index is 1.66. The number of piperidine rings is 1. The molecule has 1 amide bonds. The molecule has 0 aromatic carbocycles. The first kappa shape index (κ1) is 9.77. The van der Waals surface area contributed by atoms with E-state index in [0.717, 1.165) is 19.6 Å². The van der Waals surface area contributed by atoms with Crippen LogP contribution in [0, 0.1) is 24.7 Å². The van der Waals surface area contributed by atoms with Crippen molar-refractivity contribution in [1.82, 2.24) is 15.0 Å². The van der Waals surface area contributed by atoms with Gasteiger partial charge in [-0.3, -0.25) is 4.79 Å². The number of nitrogens with two attached hydrogens (primary N) is 1. The molecular formula is C10H14N4O2. The van der Waals surface area contributed by atoms with Crippen LogP contribution in [0.15, 0.2) is 4.52 Å². The Morgan fingerprint density at radius 2 is 2.25 bits per heavy atom. The summed E-state index contributed by atoms with van der Waals surface area (Å²) in [7, 11) is 0. The minimum atomic E-state index is -0.125. The number of fused-ring (bicyclic) bond motifs is 1. The summed E-state index contributed by atoms with van der Waals surface area (Å²) < 4.78 is 4.80. The molecule has 1 aliphatic heterocycles. The lowest BCUT2D eigenvalue weighted by Gasteiger charge is -2.17. The van der Waals surface area contributed by atoms with Crippen molar-refractivity contribution in [2.45, 2.75) is 6.92 Å². The molecule has 1 saturated carbocycles. The van der Waals surface area contributed by atoms with Crippen molar-refractivity contribution in [3.8, 4) is 0 Å². The van der Waals surface area contributed by atoms with Crippen LogP contribution in [0.3, 0.4) is 0 Å². The lowest BCUT2D eigenvalue weighted by atomic mass is 10.2. The van der Waals surface area contributed by atoms with E-state index in [-0.39, 0.29) is 11.7 Å². The van der Waals surface area contributed by atoms with Crippen LogP contribution in [0.25, 0.3) is 0 Å². The highest BCUT2D eigenvalue weighted by Gasteiger charge is 2.55. The lowest BCUT2D eigenvalue weighted by molar-refractivity contribution is 0.0753. The molecule has 2 heterocycles. The van der Waals surface area contributed by atoms with Crippen LogP contribution in [-0.4, -0.2) is 40.6 Å². The molecule has 0 spiro atoms. The quantitative estimate of drug-likeness (QED) is 0.739. The summed E-state index contributed by atoms with van der Waals surface area (Å²) in [5.41, 5.74) is 5.62. The number of carbonyl (C=O) groups excluding carboxylic acids is 1. The fourth-order valence-corrected chi connectivity index (χ4v) is 2.69. The highest BCUT2D eigenvalue weighted by atomic mass is 16.5. The van der Waals surface area contributed by atoms with Crippen LogP contribution in [0.1, 0.15) is 16.5 Å². The molecule has 86 valence electrons. The number of hydrogen-bond acceptors (Lipinski definition) is 5. The third-order valence-electron chi connectivity index (χ3n) is 3.65. The zero-order chi connectivity index (χ0) is 11.3. The second-order valence-corrected chi connectivity index (χ2v) is 4.57. The van der Waals surface area contributed by atoms with E-state index in [4.69, 9.17) is 10.3 Å². The largest absolute Gasteiger partial charge is 0.339 e.